The zero-order chi connectivity index (χ0) is 21.3. The van der Waals surface area contributed by atoms with Crippen molar-refractivity contribution in [2.24, 2.45) is 0 Å². The van der Waals surface area contributed by atoms with E-state index in [-0.39, 0.29) is 29.9 Å². The molecule has 0 heterocycles. The molecule has 0 bridgehead atoms. The molecule has 0 spiro atoms. The summed E-state index contributed by atoms with van der Waals surface area (Å²) in [6, 6.07) is 14.0. The quantitative estimate of drug-likeness (QED) is 0.517. The smallest absolute Gasteiger partial charge is 0.221 e. The van der Waals surface area contributed by atoms with Crippen LogP contribution in [-0.2, 0) is 20.4 Å². The molecule has 0 radical (unpaired) electrons. The summed E-state index contributed by atoms with van der Waals surface area (Å²) in [6.07, 6.45) is 2.02. The van der Waals surface area contributed by atoms with Crippen molar-refractivity contribution in [2.45, 2.75) is 44.9 Å². The summed E-state index contributed by atoms with van der Waals surface area (Å²) >= 11 is 5.81. The van der Waals surface area contributed by atoms with Crippen LogP contribution in [0.15, 0.2) is 48.5 Å². The van der Waals surface area contributed by atoms with E-state index in [0.717, 1.165) is 24.2 Å². The van der Waals surface area contributed by atoms with Crippen LogP contribution >= 0.6 is 11.6 Å². The summed E-state index contributed by atoms with van der Waals surface area (Å²) in [5, 5.41) is 3.41. The third kappa shape index (κ3) is 8.46. The minimum absolute atomic E-state index is 0.0710. The van der Waals surface area contributed by atoms with Crippen molar-refractivity contribution in [3.8, 4) is 5.75 Å². The van der Waals surface area contributed by atoms with Crippen molar-refractivity contribution in [3.05, 3.63) is 64.7 Å². The highest BCUT2D eigenvalue weighted by Gasteiger charge is 2.16. The molecule has 1 N–H and O–H groups in total. The van der Waals surface area contributed by atoms with E-state index in [1.807, 2.05) is 31.2 Å². The maximum Gasteiger partial charge on any atom is 0.221 e. The molecule has 0 aliphatic rings. The van der Waals surface area contributed by atoms with Crippen molar-refractivity contribution in [1.82, 2.24) is 5.32 Å². The molecule has 1 amide bonds. The number of rotatable bonds is 11. The molecule has 2 aromatic rings. The second-order valence-corrected chi connectivity index (χ2v) is 9.65. The Kier molecular flexibility index (Phi) is 8.99. The van der Waals surface area contributed by atoms with Gasteiger partial charge in [0.2, 0.25) is 5.91 Å². The zero-order valence-electron chi connectivity index (χ0n) is 16.9. The summed E-state index contributed by atoms with van der Waals surface area (Å²) in [7, 11) is -3.38. The number of carbonyl (C=O) groups excluding carboxylic acids is 1. The Bertz CT molecular complexity index is 880. The van der Waals surface area contributed by atoms with Crippen molar-refractivity contribution >= 4 is 27.3 Å². The van der Waals surface area contributed by atoms with E-state index in [1.54, 1.807) is 24.3 Å². The second-order valence-electron chi connectivity index (χ2n) is 7.03. The van der Waals surface area contributed by atoms with Crippen molar-refractivity contribution in [1.29, 1.82) is 0 Å². The number of halogens is 1. The molecule has 0 saturated heterocycles. The van der Waals surface area contributed by atoms with Gasteiger partial charge in [-0.15, -0.1) is 0 Å². The van der Waals surface area contributed by atoms with E-state index in [9.17, 15) is 13.2 Å². The molecular weight excluding hydrogens is 410 g/mol. The lowest BCUT2D eigenvalue weighted by Gasteiger charge is -2.15. The van der Waals surface area contributed by atoms with E-state index < -0.39 is 9.84 Å². The highest BCUT2D eigenvalue weighted by Crippen LogP contribution is 2.18. The highest BCUT2D eigenvalue weighted by molar-refractivity contribution is 7.90. The first-order valence-electron chi connectivity index (χ1n) is 9.76. The van der Waals surface area contributed by atoms with Crippen LogP contribution in [-0.4, -0.2) is 26.7 Å². The molecule has 0 aliphatic heterocycles. The number of hydrogen-bond acceptors (Lipinski definition) is 4. The molecule has 0 fully saturated rings. The Labute approximate surface area is 178 Å². The van der Waals surface area contributed by atoms with Crippen LogP contribution in [0.5, 0.6) is 5.75 Å². The number of ether oxygens (including phenoxy) is 1. The summed E-state index contributed by atoms with van der Waals surface area (Å²) in [5.74, 6) is 0.208. The van der Waals surface area contributed by atoms with Gasteiger partial charge in [0.1, 0.15) is 5.75 Å². The maximum atomic E-state index is 12.3. The average molecular weight is 438 g/mol. The van der Waals surface area contributed by atoms with E-state index in [1.165, 1.54) is 0 Å². The molecule has 0 saturated carbocycles. The van der Waals surface area contributed by atoms with E-state index in [0.29, 0.717) is 17.2 Å². The van der Waals surface area contributed by atoms with Crippen LogP contribution in [0.1, 0.15) is 50.3 Å². The number of benzene rings is 2. The van der Waals surface area contributed by atoms with E-state index >= 15 is 0 Å². The Morgan fingerprint density at radius 2 is 1.76 bits per heavy atom. The number of sulfone groups is 1. The summed E-state index contributed by atoms with van der Waals surface area (Å²) in [4.78, 5) is 12.2. The molecule has 0 unspecified atom stereocenters. The second kappa shape index (κ2) is 11.2. The van der Waals surface area contributed by atoms with Gasteiger partial charge in [-0.1, -0.05) is 49.2 Å². The molecule has 2 rings (SSSR count). The van der Waals surface area contributed by atoms with Gasteiger partial charge < -0.3 is 10.1 Å². The molecule has 158 valence electrons. The summed E-state index contributed by atoms with van der Waals surface area (Å²) in [5.41, 5.74) is 1.59. The Hall–Kier alpha value is -2.05. The van der Waals surface area contributed by atoms with Gasteiger partial charge in [-0.3, -0.25) is 4.79 Å². The van der Waals surface area contributed by atoms with Crippen LogP contribution < -0.4 is 10.1 Å². The third-order valence-electron chi connectivity index (χ3n) is 4.46. The molecule has 0 aromatic heterocycles. The number of nitrogens with one attached hydrogen (secondary N) is 1. The Morgan fingerprint density at radius 3 is 2.38 bits per heavy atom. The molecule has 1 atom stereocenters. The Balaban J connectivity index is 1.81. The van der Waals surface area contributed by atoms with Crippen LogP contribution in [0.25, 0.3) is 0 Å². The highest BCUT2D eigenvalue weighted by atomic mass is 35.5. The predicted molar refractivity (Wildman–Crippen MR) is 117 cm³/mol. The zero-order valence-corrected chi connectivity index (χ0v) is 18.4. The van der Waals surface area contributed by atoms with Crippen molar-refractivity contribution in [2.75, 3.05) is 12.4 Å². The lowest BCUT2D eigenvalue weighted by Crippen LogP contribution is -2.28. The van der Waals surface area contributed by atoms with Crippen LogP contribution in [0.4, 0.5) is 0 Å². The molecule has 0 aliphatic carbocycles. The maximum absolute atomic E-state index is 12.3. The van der Waals surface area contributed by atoms with Gasteiger partial charge in [-0.05, 0) is 48.7 Å². The van der Waals surface area contributed by atoms with Crippen LogP contribution in [0.2, 0.25) is 5.02 Å². The first kappa shape index (κ1) is 23.2. The van der Waals surface area contributed by atoms with Crippen LogP contribution in [0.3, 0.4) is 0 Å². The average Bonchev–Trinajstić information content (AvgIpc) is 2.69. The van der Waals surface area contributed by atoms with E-state index in [4.69, 9.17) is 16.3 Å². The molecular formula is C22H28ClNO4S. The standard InChI is InChI=1S/C22H28ClNO4S/c1-3-4-14-28-21-11-7-19(8-12-21)17(2)24-22(25)13-15-29(26,27)16-18-5-9-20(23)10-6-18/h5-12,17H,3-4,13-16H2,1-2H3,(H,24,25)/t17-/m1/s1. The van der Waals surface area contributed by atoms with E-state index in [2.05, 4.69) is 12.2 Å². The fourth-order valence-corrected chi connectivity index (χ4v) is 4.21. The fourth-order valence-electron chi connectivity index (χ4n) is 2.74. The molecule has 2 aromatic carbocycles. The summed E-state index contributed by atoms with van der Waals surface area (Å²) in [6.45, 7) is 4.67. The van der Waals surface area contributed by atoms with Gasteiger partial charge in [0.05, 0.1) is 24.2 Å². The topological polar surface area (TPSA) is 72.5 Å². The lowest BCUT2D eigenvalue weighted by atomic mass is 10.1. The minimum atomic E-state index is -3.38. The minimum Gasteiger partial charge on any atom is -0.494 e. The first-order chi connectivity index (χ1) is 13.8. The monoisotopic (exact) mass is 437 g/mol. The molecule has 5 nitrogen and oxygen atoms in total. The largest absolute Gasteiger partial charge is 0.494 e. The van der Waals surface area contributed by atoms with Gasteiger partial charge >= 0.3 is 0 Å². The fraction of sp³-hybridized carbons (Fsp3) is 0.409. The van der Waals surface area contributed by atoms with Crippen molar-refractivity contribution in [3.63, 3.8) is 0 Å². The number of amides is 1. The lowest BCUT2D eigenvalue weighted by molar-refractivity contribution is -0.121. The summed E-state index contributed by atoms with van der Waals surface area (Å²) < 4.78 is 30.2. The van der Waals surface area contributed by atoms with Gasteiger partial charge in [-0.25, -0.2) is 8.42 Å². The number of hydrogen-bond donors (Lipinski definition) is 1. The molecule has 29 heavy (non-hydrogen) atoms. The first-order valence-corrected chi connectivity index (χ1v) is 12.0. The Morgan fingerprint density at radius 1 is 1.10 bits per heavy atom. The van der Waals surface area contributed by atoms with Gasteiger partial charge in [0.15, 0.2) is 9.84 Å². The predicted octanol–water partition coefficient (Wildman–Crippen LogP) is 4.70. The normalized spacial score (nSPS) is 12.4. The van der Waals surface area contributed by atoms with Crippen LogP contribution in [0, 0.1) is 0 Å². The van der Waals surface area contributed by atoms with Gasteiger partial charge in [-0.2, -0.15) is 0 Å². The van der Waals surface area contributed by atoms with Gasteiger partial charge in [0, 0.05) is 11.4 Å². The van der Waals surface area contributed by atoms with Gasteiger partial charge in [0.25, 0.3) is 0 Å². The number of unbranched alkanes of at least 4 members (excludes halogenated alkanes) is 1. The number of carbonyl (C=O) groups is 1. The van der Waals surface area contributed by atoms with Crippen molar-refractivity contribution < 1.29 is 17.9 Å². The molecule has 7 heteroatoms. The SMILES string of the molecule is CCCCOc1ccc([C@@H](C)NC(=O)CCS(=O)(=O)Cc2ccc(Cl)cc2)cc1. The third-order valence-corrected chi connectivity index (χ3v) is 6.32.